The van der Waals surface area contributed by atoms with Gasteiger partial charge in [-0.3, -0.25) is 9.59 Å². The first-order valence-electron chi connectivity index (χ1n) is 12.3. The Bertz CT molecular complexity index is 1120. The van der Waals surface area contributed by atoms with Crippen LogP contribution >= 0.6 is 0 Å². The quantitative estimate of drug-likeness (QED) is 0.455. The number of esters is 2. The molecule has 34 heavy (non-hydrogen) atoms. The molecule has 0 radical (unpaired) electrons. The number of hydrogen-bond donors (Lipinski definition) is 0. The Morgan fingerprint density at radius 2 is 1.76 bits per heavy atom. The van der Waals surface area contributed by atoms with Crippen LogP contribution in [0.15, 0.2) is 23.0 Å². The summed E-state index contributed by atoms with van der Waals surface area (Å²) in [6.07, 6.45) is 3.46. The SMILES string of the molecule is CC1(C)O[C@H]2CC(=O)OC[C@]23[C@H]2CC[C@@]4(C)[C@H](c5ccoc5)OC(=O)[C@H]5O[C@@]54[C@]2(C)C(=O)C[C@@H]13. The first-order valence-corrected chi connectivity index (χ1v) is 12.3. The van der Waals surface area contributed by atoms with Crippen LogP contribution in [0, 0.1) is 28.1 Å². The van der Waals surface area contributed by atoms with Crippen molar-refractivity contribution in [3.63, 3.8) is 0 Å². The summed E-state index contributed by atoms with van der Waals surface area (Å²) in [7, 11) is 0. The molecule has 1 aromatic heterocycles. The van der Waals surface area contributed by atoms with Crippen molar-refractivity contribution in [2.45, 2.75) is 82.9 Å². The second-order valence-electron chi connectivity index (χ2n) is 12.2. The molecule has 8 nitrogen and oxygen atoms in total. The number of fused-ring (bicyclic) bond motifs is 1. The molecular formula is C26H30O8. The van der Waals surface area contributed by atoms with Gasteiger partial charge >= 0.3 is 11.9 Å². The van der Waals surface area contributed by atoms with Crippen molar-refractivity contribution in [1.29, 1.82) is 0 Å². The summed E-state index contributed by atoms with van der Waals surface area (Å²) in [5.74, 6) is -0.780. The monoisotopic (exact) mass is 470 g/mol. The molecule has 0 unspecified atom stereocenters. The third-order valence-corrected chi connectivity index (χ3v) is 10.7. The molecule has 0 amide bonds. The first-order chi connectivity index (χ1) is 16.0. The van der Waals surface area contributed by atoms with Crippen LogP contribution in [0.25, 0.3) is 0 Å². The Hall–Kier alpha value is -2.19. The lowest BCUT2D eigenvalue weighted by molar-refractivity contribution is -0.225. The van der Waals surface area contributed by atoms with Gasteiger partial charge in [0.1, 0.15) is 24.1 Å². The van der Waals surface area contributed by atoms with Gasteiger partial charge in [0.15, 0.2) is 6.10 Å². The van der Waals surface area contributed by atoms with Crippen LogP contribution in [-0.2, 0) is 33.3 Å². The summed E-state index contributed by atoms with van der Waals surface area (Å²) < 4.78 is 29.8. The molecule has 2 aliphatic carbocycles. The lowest BCUT2D eigenvalue weighted by Crippen LogP contribution is -2.72. The highest BCUT2D eigenvalue weighted by molar-refractivity contribution is 5.93. The Morgan fingerprint density at radius 3 is 2.50 bits per heavy atom. The van der Waals surface area contributed by atoms with Crippen molar-refractivity contribution >= 4 is 17.7 Å². The number of furan rings is 1. The third-order valence-electron chi connectivity index (χ3n) is 10.7. The number of hydrogen-bond acceptors (Lipinski definition) is 8. The molecular weight excluding hydrogens is 440 g/mol. The van der Waals surface area contributed by atoms with E-state index in [0.717, 1.165) is 12.0 Å². The summed E-state index contributed by atoms with van der Waals surface area (Å²) in [6.45, 7) is 8.36. The number of ketones is 1. The smallest absolute Gasteiger partial charge is 0.339 e. The van der Waals surface area contributed by atoms with Gasteiger partial charge < -0.3 is 23.4 Å². The fraction of sp³-hybridized carbons (Fsp3) is 0.731. The molecule has 2 saturated carbocycles. The maximum Gasteiger partial charge on any atom is 0.339 e. The molecule has 5 heterocycles. The van der Waals surface area contributed by atoms with Gasteiger partial charge in [0, 0.05) is 28.7 Å². The molecule has 8 heteroatoms. The van der Waals surface area contributed by atoms with Crippen molar-refractivity contribution in [3.8, 4) is 0 Å². The normalized spacial score (nSPS) is 52.4. The van der Waals surface area contributed by atoms with Crippen molar-refractivity contribution < 1.29 is 37.7 Å². The Balaban J connectivity index is 1.41. The topological polar surface area (TPSA) is 105 Å². The molecule has 1 aromatic rings. The van der Waals surface area contributed by atoms with Crippen molar-refractivity contribution in [2.75, 3.05) is 6.61 Å². The largest absolute Gasteiger partial charge is 0.472 e. The predicted molar refractivity (Wildman–Crippen MR) is 114 cm³/mol. The van der Waals surface area contributed by atoms with Crippen molar-refractivity contribution in [3.05, 3.63) is 24.2 Å². The van der Waals surface area contributed by atoms with Gasteiger partial charge in [0.05, 0.1) is 36.1 Å². The summed E-state index contributed by atoms with van der Waals surface area (Å²) in [6, 6.07) is 1.81. The molecule has 7 rings (SSSR count). The number of cyclic esters (lactones) is 2. The van der Waals surface area contributed by atoms with Gasteiger partial charge in [-0.2, -0.15) is 0 Å². The van der Waals surface area contributed by atoms with Gasteiger partial charge in [-0.15, -0.1) is 0 Å². The van der Waals surface area contributed by atoms with E-state index in [2.05, 4.69) is 6.92 Å². The number of ether oxygens (including phenoxy) is 4. The number of epoxide rings is 1. The zero-order valence-electron chi connectivity index (χ0n) is 19.9. The van der Waals surface area contributed by atoms with E-state index in [1.807, 2.05) is 26.8 Å². The van der Waals surface area contributed by atoms with Crippen LogP contribution in [0.2, 0.25) is 0 Å². The van der Waals surface area contributed by atoms with Crippen molar-refractivity contribution in [2.24, 2.45) is 28.1 Å². The lowest BCUT2D eigenvalue weighted by atomic mass is 9.37. The van der Waals surface area contributed by atoms with Gasteiger partial charge in [-0.05, 0) is 45.6 Å². The standard InChI is InChI=1S/C26H30O8/c1-22(2)15-9-16(27)24(4)14(25(15)12-31-18(28)10-17(25)33-22)5-7-23(3)19(13-6-8-30-11-13)32-21(29)20-26(23,24)34-20/h6,8,11,14-15,17,19-20H,5,7,9-10,12H2,1-4H3/t14-,15-,17-,19-,20+,23-,24-,25+,26-/m0/s1. The second kappa shape index (κ2) is 5.95. The average molecular weight is 471 g/mol. The lowest BCUT2D eigenvalue weighted by Gasteiger charge is -2.65. The molecule has 6 aliphatic rings. The molecule has 0 N–H and O–H groups in total. The zero-order chi connectivity index (χ0) is 23.9. The summed E-state index contributed by atoms with van der Waals surface area (Å²) >= 11 is 0. The first kappa shape index (κ1) is 21.1. The zero-order valence-corrected chi connectivity index (χ0v) is 19.9. The van der Waals surface area contributed by atoms with E-state index in [9.17, 15) is 14.4 Å². The van der Waals surface area contributed by atoms with E-state index >= 15 is 0 Å². The predicted octanol–water partition coefficient (Wildman–Crippen LogP) is 3.14. The fourth-order valence-electron chi connectivity index (χ4n) is 9.34. The number of rotatable bonds is 1. The van der Waals surface area contributed by atoms with Crippen LogP contribution < -0.4 is 0 Å². The highest BCUT2D eigenvalue weighted by Gasteiger charge is 2.89. The Labute approximate surface area is 197 Å². The van der Waals surface area contributed by atoms with E-state index in [4.69, 9.17) is 23.4 Å². The van der Waals surface area contributed by atoms with Gasteiger partial charge in [0.2, 0.25) is 0 Å². The maximum absolute atomic E-state index is 14.2. The molecule has 4 saturated heterocycles. The second-order valence-corrected chi connectivity index (χ2v) is 12.2. The maximum atomic E-state index is 14.2. The van der Waals surface area contributed by atoms with Crippen LogP contribution in [0.4, 0.5) is 0 Å². The minimum atomic E-state index is -0.976. The van der Waals surface area contributed by atoms with E-state index in [1.165, 1.54) is 0 Å². The van der Waals surface area contributed by atoms with Crippen LogP contribution in [0.3, 0.4) is 0 Å². The van der Waals surface area contributed by atoms with E-state index in [1.54, 1.807) is 12.5 Å². The van der Waals surface area contributed by atoms with Crippen LogP contribution in [0.1, 0.15) is 65.0 Å². The molecule has 0 bridgehead atoms. The highest BCUT2D eigenvalue weighted by atomic mass is 16.7. The molecule has 6 fully saturated rings. The fourth-order valence-corrected chi connectivity index (χ4v) is 9.34. The summed E-state index contributed by atoms with van der Waals surface area (Å²) in [5.41, 5.74) is -2.78. The van der Waals surface area contributed by atoms with Crippen molar-refractivity contribution in [1.82, 2.24) is 0 Å². The minimum Gasteiger partial charge on any atom is -0.472 e. The van der Waals surface area contributed by atoms with Gasteiger partial charge in [-0.25, -0.2) is 4.79 Å². The van der Waals surface area contributed by atoms with Crippen LogP contribution in [-0.4, -0.2) is 47.7 Å². The number of Topliss-reactive ketones (excluding diaryl/α,β-unsaturated/α-hetero) is 1. The molecule has 182 valence electrons. The molecule has 2 spiro atoms. The van der Waals surface area contributed by atoms with E-state index < -0.39 is 45.6 Å². The summed E-state index contributed by atoms with van der Waals surface area (Å²) in [5, 5.41) is 0. The molecule has 9 atom stereocenters. The Morgan fingerprint density at radius 1 is 0.971 bits per heavy atom. The highest BCUT2D eigenvalue weighted by Crippen LogP contribution is 2.79. The van der Waals surface area contributed by atoms with Crippen LogP contribution in [0.5, 0.6) is 0 Å². The number of carbonyl (C=O) groups excluding carboxylic acids is 3. The van der Waals surface area contributed by atoms with E-state index in [0.29, 0.717) is 12.8 Å². The molecule has 4 aliphatic heterocycles. The Kier molecular flexibility index (Phi) is 3.70. The third kappa shape index (κ3) is 2.02. The summed E-state index contributed by atoms with van der Waals surface area (Å²) in [4.78, 5) is 39.7. The van der Waals surface area contributed by atoms with Gasteiger partial charge in [0.25, 0.3) is 0 Å². The van der Waals surface area contributed by atoms with E-state index in [-0.39, 0.29) is 42.7 Å². The average Bonchev–Trinajstić information content (AvgIpc) is 3.26. The minimum absolute atomic E-state index is 0.0677. The van der Waals surface area contributed by atoms with Gasteiger partial charge in [-0.1, -0.05) is 6.92 Å². The molecule has 0 aromatic carbocycles. The number of carbonyl (C=O) groups is 3.